The summed E-state index contributed by atoms with van der Waals surface area (Å²) in [5, 5.41) is 21.0. The highest BCUT2D eigenvalue weighted by Crippen LogP contribution is 2.53. The molecule has 0 saturated carbocycles. The van der Waals surface area contributed by atoms with Gasteiger partial charge in [-0.2, -0.15) is 0 Å². The number of carbonyl (C=O) groups excluding carboxylic acids is 2. The normalized spacial score (nSPS) is 33.4. The smallest absolute Gasteiger partial charge is 0.294 e. The monoisotopic (exact) mass is 350 g/mol. The minimum absolute atomic E-state index is 0.124. The Hall–Kier alpha value is -2.29. The van der Waals surface area contributed by atoms with Gasteiger partial charge in [0.1, 0.15) is 11.3 Å². The Bertz CT molecular complexity index is 824. The topological polar surface area (TPSA) is 110 Å². The molecule has 2 fully saturated rings. The molecule has 0 unspecified atom stereocenters. The molecule has 4 rings (SSSR count). The summed E-state index contributed by atoms with van der Waals surface area (Å²) < 4.78 is 5.61. The maximum atomic E-state index is 12.8. The van der Waals surface area contributed by atoms with Gasteiger partial charge in [0.25, 0.3) is 5.69 Å². The van der Waals surface area contributed by atoms with E-state index >= 15 is 0 Å². The lowest BCUT2D eigenvalue weighted by Crippen LogP contribution is -2.43. The van der Waals surface area contributed by atoms with Gasteiger partial charge in [-0.1, -0.05) is 23.8 Å². The molecule has 0 spiro atoms. The van der Waals surface area contributed by atoms with Gasteiger partial charge < -0.3 is 9.84 Å². The van der Waals surface area contributed by atoms with Crippen LogP contribution < -0.4 is 4.90 Å². The van der Waals surface area contributed by atoms with Gasteiger partial charge in [-0.05, 0) is 12.1 Å². The van der Waals surface area contributed by atoms with Crippen LogP contribution in [0.4, 0.5) is 11.4 Å². The predicted octanol–water partition coefficient (Wildman–Crippen LogP) is 1.05. The molecule has 2 bridgehead atoms. The summed E-state index contributed by atoms with van der Waals surface area (Å²) in [5.41, 5.74) is -1.79. The van der Waals surface area contributed by atoms with E-state index in [9.17, 15) is 24.8 Å². The van der Waals surface area contributed by atoms with E-state index in [-0.39, 0.29) is 10.7 Å². The highest BCUT2D eigenvalue weighted by Gasteiger charge is 2.68. The number of aliphatic hydroxyl groups excluding tert-OH is 1. The second-order valence-electron chi connectivity index (χ2n) is 5.96. The van der Waals surface area contributed by atoms with Crippen LogP contribution in [0.2, 0.25) is 5.02 Å². The van der Waals surface area contributed by atoms with Gasteiger partial charge in [-0.25, -0.2) is 4.90 Å². The number of nitro benzene ring substituents is 1. The Morgan fingerprint density at radius 3 is 2.79 bits per heavy atom. The van der Waals surface area contributed by atoms with Crippen LogP contribution in [0.15, 0.2) is 30.4 Å². The number of anilines is 1. The Balaban J connectivity index is 1.82. The minimum atomic E-state index is -1.24. The third-order valence-electron chi connectivity index (χ3n) is 4.78. The number of ether oxygens (including phenoxy) is 1. The highest BCUT2D eigenvalue weighted by molar-refractivity contribution is 6.31. The quantitative estimate of drug-likeness (QED) is 0.377. The first-order valence-electron chi connectivity index (χ1n) is 7.19. The molecule has 24 heavy (non-hydrogen) atoms. The van der Waals surface area contributed by atoms with Gasteiger partial charge in [-0.3, -0.25) is 19.7 Å². The molecule has 3 aliphatic rings. The number of benzene rings is 1. The highest BCUT2D eigenvalue weighted by atomic mass is 35.5. The summed E-state index contributed by atoms with van der Waals surface area (Å²) in [5.74, 6) is -2.86. The van der Waals surface area contributed by atoms with E-state index in [1.54, 1.807) is 12.2 Å². The SMILES string of the molecule is O=C1[C@@H]2[C@H]3C=C[C@@](CO)(O3)[C@H]2C(=O)N1c1ccc(Cl)cc1[N+](=O)[O-]. The van der Waals surface area contributed by atoms with Crippen molar-refractivity contribution in [2.75, 3.05) is 11.5 Å². The lowest BCUT2D eigenvalue weighted by Gasteiger charge is -2.26. The molecule has 3 heterocycles. The van der Waals surface area contributed by atoms with E-state index in [0.29, 0.717) is 0 Å². The van der Waals surface area contributed by atoms with E-state index in [2.05, 4.69) is 0 Å². The van der Waals surface area contributed by atoms with Crippen molar-refractivity contribution in [3.05, 3.63) is 45.5 Å². The van der Waals surface area contributed by atoms with Crippen LogP contribution in [0.1, 0.15) is 0 Å². The van der Waals surface area contributed by atoms with Gasteiger partial charge in [0, 0.05) is 11.1 Å². The van der Waals surface area contributed by atoms with Crippen molar-refractivity contribution >= 4 is 34.8 Å². The van der Waals surface area contributed by atoms with E-state index < -0.39 is 52.6 Å². The first-order valence-corrected chi connectivity index (χ1v) is 7.57. The number of hydrogen-bond donors (Lipinski definition) is 1. The van der Waals surface area contributed by atoms with E-state index in [0.717, 1.165) is 11.0 Å². The summed E-state index contributed by atoms with van der Waals surface area (Å²) >= 11 is 5.78. The second kappa shape index (κ2) is 4.85. The fourth-order valence-corrected chi connectivity index (χ4v) is 3.92. The van der Waals surface area contributed by atoms with Crippen LogP contribution in [0.3, 0.4) is 0 Å². The van der Waals surface area contributed by atoms with Crippen LogP contribution in [0.5, 0.6) is 0 Å². The van der Waals surface area contributed by atoms with Crippen molar-refractivity contribution in [3.8, 4) is 0 Å². The largest absolute Gasteiger partial charge is 0.393 e. The van der Waals surface area contributed by atoms with Crippen LogP contribution >= 0.6 is 11.6 Å². The maximum Gasteiger partial charge on any atom is 0.294 e. The zero-order valence-corrected chi connectivity index (χ0v) is 12.8. The number of nitrogens with zero attached hydrogens (tertiary/aromatic N) is 2. The van der Waals surface area contributed by atoms with Gasteiger partial charge in [0.15, 0.2) is 0 Å². The molecule has 3 aliphatic heterocycles. The molecule has 0 aromatic heterocycles. The molecule has 8 nitrogen and oxygen atoms in total. The zero-order chi connectivity index (χ0) is 17.2. The molecule has 9 heteroatoms. The van der Waals surface area contributed by atoms with Crippen molar-refractivity contribution in [1.82, 2.24) is 0 Å². The molecule has 1 aromatic rings. The van der Waals surface area contributed by atoms with Gasteiger partial charge in [0.05, 0.1) is 29.5 Å². The summed E-state index contributed by atoms with van der Waals surface area (Å²) in [6.07, 6.45) is 2.61. The van der Waals surface area contributed by atoms with E-state index in [1.165, 1.54) is 12.1 Å². The van der Waals surface area contributed by atoms with Crippen LogP contribution in [-0.2, 0) is 14.3 Å². The molecule has 2 amide bonds. The Morgan fingerprint density at radius 2 is 2.12 bits per heavy atom. The average molecular weight is 351 g/mol. The van der Waals surface area contributed by atoms with Crippen LogP contribution in [-0.4, -0.2) is 40.2 Å². The zero-order valence-electron chi connectivity index (χ0n) is 12.1. The number of imide groups is 1. The minimum Gasteiger partial charge on any atom is -0.393 e. The van der Waals surface area contributed by atoms with Gasteiger partial charge >= 0.3 is 0 Å². The Labute approximate surface area is 140 Å². The molecule has 1 aromatic carbocycles. The number of hydrogen-bond acceptors (Lipinski definition) is 6. The van der Waals surface area contributed by atoms with Crippen molar-refractivity contribution in [1.29, 1.82) is 0 Å². The summed E-state index contributed by atoms with van der Waals surface area (Å²) in [7, 11) is 0. The number of amides is 2. The number of carbonyl (C=O) groups is 2. The molecule has 2 saturated heterocycles. The van der Waals surface area contributed by atoms with Crippen LogP contribution in [0, 0.1) is 22.0 Å². The lowest BCUT2D eigenvalue weighted by molar-refractivity contribution is -0.384. The molecule has 0 radical (unpaired) electrons. The summed E-state index contributed by atoms with van der Waals surface area (Å²) in [4.78, 5) is 37.0. The molecular formula is C15H11ClN2O6. The molecule has 124 valence electrons. The Kier molecular flexibility index (Phi) is 3.08. The fourth-order valence-electron chi connectivity index (χ4n) is 3.75. The van der Waals surface area contributed by atoms with Crippen LogP contribution in [0.25, 0.3) is 0 Å². The standard InChI is InChI=1S/C15H11ClN2O6/c16-7-1-2-8(9(5-7)18(22)23)17-13(20)11-10-3-4-15(6-19,24-10)12(11)14(17)21/h1-5,10-12,19H,6H2/t10-,11-,12-,15+/m1/s1. The summed E-state index contributed by atoms with van der Waals surface area (Å²) in [6.45, 7) is -0.448. The van der Waals surface area contributed by atoms with Crippen molar-refractivity contribution in [2.24, 2.45) is 11.8 Å². The molecule has 0 aliphatic carbocycles. The van der Waals surface area contributed by atoms with Crippen molar-refractivity contribution < 1.29 is 24.4 Å². The predicted molar refractivity (Wildman–Crippen MR) is 81.4 cm³/mol. The van der Waals surface area contributed by atoms with Gasteiger partial charge in [0.2, 0.25) is 11.8 Å². The van der Waals surface area contributed by atoms with Gasteiger partial charge in [-0.15, -0.1) is 0 Å². The number of aliphatic hydroxyl groups is 1. The summed E-state index contributed by atoms with van der Waals surface area (Å²) in [6, 6.07) is 3.75. The number of fused-ring (bicyclic) bond motifs is 5. The number of rotatable bonds is 3. The first kappa shape index (κ1) is 15.3. The molecule has 4 atom stereocenters. The third kappa shape index (κ3) is 1.75. The van der Waals surface area contributed by atoms with E-state index in [1.807, 2.05) is 0 Å². The Morgan fingerprint density at radius 1 is 1.38 bits per heavy atom. The second-order valence-corrected chi connectivity index (χ2v) is 6.40. The average Bonchev–Trinajstić information content (AvgIpc) is 3.19. The molecule has 1 N–H and O–H groups in total. The molecular weight excluding hydrogens is 340 g/mol. The lowest BCUT2D eigenvalue weighted by atomic mass is 9.77. The maximum absolute atomic E-state index is 12.8. The third-order valence-corrected chi connectivity index (χ3v) is 5.01. The number of halogens is 1. The van der Waals surface area contributed by atoms with Crippen molar-refractivity contribution in [3.63, 3.8) is 0 Å². The van der Waals surface area contributed by atoms with Crippen molar-refractivity contribution in [2.45, 2.75) is 11.7 Å². The number of nitro groups is 1. The van der Waals surface area contributed by atoms with E-state index in [4.69, 9.17) is 16.3 Å². The first-order chi connectivity index (χ1) is 11.4. The fraction of sp³-hybridized carbons (Fsp3) is 0.333.